The number of hydrogen-bond donors (Lipinski definition) is 0. The summed E-state index contributed by atoms with van der Waals surface area (Å²) < 4.78 is 6.37. The first kappa shape index (κ1) is 12.3. The second-order valence-electron chi connectivity index (χ2n) is 3.29. The van der Waals surface area contributed by atoms with Gasteiger partial charge in [-0.05, 0) is 24.3 Å². The van der Waals surface area contributed by atoms with Crippen LogP contribution in [-0.2, 0) is 4.74 Å². The van der Waals surface area contributed by atoms with Crippen molar-refractivity contribution in [3.63, 3.8) is 0 Å². The summed E-state index contributed by atoms with van der Waals surface area (Å²) in [6, 6.07) is 7.23. The van der Waals surface area contributed by atoms with Gasteiger partial charge in [-0.15, -0.1) is 11.8 Å². The van der Waals surface area contributed by atoms with Gasteiger partial charge < -0.3 is 4.74 Å². The minimum absolute atomic E-state index is 0.00916. The minimum atomic E-state index is -0.229. The molecule has 0 N–H and O–H groups in total. The second kappa shape index (κ2) is 5.98. The van der Waals surface area contributed by atoms with E-state index in [-0.39, 0.29) is 11.4 Å². The summed E-state index contributed by atoms with van der Waals surface area (Å²) in [4.78, 5) is 11.8. The van der Waals surface area contributed by atoms with E-state index in [4.69, 9.17) is 4.74 Å². The van der Waals surface area contributed by atoms with Gasteiger partial charge in [-0.1, -0.05) is 15.9 Å². The molecule has 1 atom stereocenters. The number of thioether (sulfide) groups is 2. The van der Waals surface area contributed by atoms with E-state index >= 15 is 0 Å². The molecule has 1 aliphatic rings. The van der Waals surface area contributed by atoms with E-state index in [1.807, 2.05) is 23.9 Å². The van der Waals surface area contributed by atoms with Gasteiger partial charge >= 0.3 is 5.97 Å². The molecule has 0 aromatic heterocycles. The first-order valence-corrected chi connectivity index (χ1v) is 7.91. The smallest absolute Gasteiger partial charge is 0.339 e. The molecule has 1 aromatic carbocycles. The zero-order valence-electron chi connectivity index (χ0n) is 8.52. The molecule has 1 aromatic rings. The van der Waals surface area contributed by atoms with Gasteiger partial charge in [0.15, 0.2) is 5.44 Å². The van der Waals surface area contributed by atoms with Crippen LogP contribution in [0.25, 0.3) is 0 Å². The summed E-state index contributed by atoms with van der Waals surface area (Å²) in [5.74, 6) is 2.87. The van der Waals surface area contributed by atoms with Crippen molar-refractivity contribution in [3.05, 3.63) is 34.3 Å². The van der Waals surface area contributed by atoms with E-state index in [1.54, 1.807) is 23.9 Å². The summed E-state index contributed by atoms with van der Waals surface area (Å²) in [6.45, 7) is 0. The quantitative estimate of drug-likeness (QED) is 0.781. The van der Waals surface area contributed by atoms with Crippen LogP contribution in [0.5, 0.6) is 0 Å². The minimum Gasteiger partial charge on any atom is -0.447 e. The van der Waals surface area contributed by atoms with Crippen LogP contribution < -0.4 is 0 Å². The van der Waals surface area contributed by atoms with E-state index in [2.05, 4.69) is 15.9 Å². The fourth-order valence-corrected chi connectivity index (χ4v) is 3.95. The predicted molar refractivity (Wildman–Crippen MR) is 73.1 cm³/mol. The number of carbonyl (C=O) groups excluding carboxylic acids is 1. The average molecular weight is 319 g/mol. The van der Waals surface area contributed by atoms with Crippen molar-refractivity contribution < 1.29 is 9.53 Å². The molecule has 2 rings (SSSR count). The predicted octanol–water partition coefficient (Wildman–Crippen LogP) is 3.41. The Labute approximate surface area is 112 Å². The van der Waals surface area contributed by atoms with Gasteiger partial charge in [0.1, 0.15) is 0 Å². The summed E-state index contributed by atoms with van der Waals surface area (Å²) in [6.07, 6.45) is 0. The normalized spacial score (nSPS) is 20.4. The van der Waals surface area contributed by atoms with E-state index in [9.17, 15) is 4.79 Å². The van der Waals surface area contributed by atoms with Crippen molar-refractivity contribution in [3.8, 4) is 0 Å². The lowest BCUT2D eigenvalue weighted by atomic mass is 10.2. The molecule has 1 fully saturated rings. The fourth-order valence-electron chi connectivity index (χ4n) is 1.31. The molecule has 2 nitrogen and oxygen atoms in total. The molecule has 0 amide bonds. The number of benzene rings is 1. The maximum absolute atomic E-state index is 11.8. The highest BCUT2D eigenvalue weighted by atomic mass is 79.9. The molecule has 1 unspecified atom stereocenters. The zero-order chi connectivity index (χ0) is 11.4. The molecule has 5 heteroatoms. The van der Waals surface area contributed by atoms with Gasteiger partial charge in [-0.2, -0.15) is 11.8 Å². The Bertz CT molecular complexity index is 361. The topological polar surface area (TPSA) is 26.3 Å². The van der Waals surface area contributed by atoms with Gasteiger partial charge in [0, 0.05) is 21.7 Å². The highest BCUT2D eigenvalue weighted by Gasteiger charge is 2.19. The third-order valence-corrected chi connectivity index (χ3v) is 5.21. The molecule has 16 heavy (non-hydrogen) atoms. The van der Waals surface area contributed by atoms with Crippen LogP contribution in [0.3, 0.4) is 0 Å². The van der Waals surface area contributed by atoms with Crippen LogP contribution >= 0.6 is 39.5 Å². The molecule has 86 valence electrons. The zero-order valence-corrected chi connectivity index (χ0v) is 11.7. The second-order valence-corrected chi connectivity index (χ2v) is 6.62. The lowest BCUT2D eigenvalue weighted by molar-refractivity contribution is 0.0486. The van der Waals surface area contributed by atoms with Crippen molar-refractivity contribution >= 4 is 45.4 Å². The van der Waals surface area contributed by atoms with Crippen LogP contribution in [-0.4, -0.2) is 28.7 Å². The number of hydrogen-bond acceptors (Lipinski definition) is 4. The molecular formula is C11H11BrO2S2. The van der Waals surface area contributed by atoms with E-state index in [0.717, 1.165) is 21.7 Å². The Hall–Kier alpha value is -0.130. The Kier molecular flexibility index (Phi) is 4.61. The van der Waals surface area contributed by atoms with Crippen molar-refractivity contribution in [2.45, 2.75) is 5.44 Å². The summed E-state index contributed by atoms with van der Waals surface area (Å²) >= 11 is 6.89. The van der Waals surface area contributed by atoms with Gasteiger partial charge in [0.05, 0.1) is 5.56 Å². The SMILES string of the molecule is O=C(OC1CSCCS1)c1ccc(Br)cc1. The van der Waals surface area contributed by atoms with Crippen LogP contribution in [0.4, 0.5) is 0 Å². The van der Waals surface area contributed by atoms with Crippen molar-refractivity contribution in [1.82, 2.24) is 0 Å². The first-order chi connectivity index (χ1) is 7.75. The summed E-state index contributed by atoms with van der Waals surface area (Å²) in [7, 11) is 0. The summed E-state index contributed by atoms with van der Waals surface area (Å²) in [5.41, 5.74) is 0.620. The highest BCUT2D eigenvalue weighted by Crippen LogP contribution is 2.25. The number of carbonyl (C=O) groups is 1. The molecule has 1 aliphatic heterocycles. The standard InChI is InChI=1S/C11H11BrO2S2/c12-9-3-1-8(2-4-9)11(13)14-10-7-15-5-6-16-10/h1-4,10H,5-7H2. The Morgan fingerprint density at radius 3 is 2.69 bits per heavy atom. The Balaban J connectivity index is 1.94. The molecule has 1 saturated heterocycles. The molecular weight excluding hydrogens is 308 g/mol. The lowest BCUT2D eigenvalue weighted by Gasteiger charge is -2.20. The number of ether oxygens (including phenoxy) is 1. The molecule has 0 aliphatic carbocycles. The third-order valence-electron chi connectivity index (χ3n) is 2.10. The molecule has 1 heterocycles. The largest absolute Gasteiger partial charge is 0.447 e. The third kappa shape index (κ3) is 3.43. The van der Waals surface area contributed by atoms with Gasteiger partial charge in [0.2, 0.25) is 0 Å². The van der Waals surface area contributed by atoms with E-state index in [1.165, 1.54) is 0 Å². The monoisotopic (exact) mass is 318 g/mol. The molecule has 0 saturated carbocycles. The molecule has 0 radical (unpaired) electrons. The maximum atomic E-state index is 11.8. The Morgan fingerprint density at radius 2 is 2.06 bits per heavy atom. The van der Waals surface area contributed by atoms with Crippen molar-refractivity contribution in [2.24, 2.45) is 0 Å². The van der Waals surface area contributed by atoms with Crippen LogP contribution in [0.2, 0.25) is 0 Å². The van der Waals surface area contributed by atoms with Crippen LogP contribution in [0, 0.1) is 0 Å². The molecule has 0 bridgehead atoms. The van der Waals surface area contributed by atoms with Crippen molar-refractivity contribution in [2.75, 3.05) is 17.3 Å². The highest BCUT2D eigenvalue weighted by molar-refractivity contribution is 9.10. The molecule has 0 spiro atoms. The summed E-state index contributed by atoms with van der Waals surface area (Å²) in [5, 5.41) is 0. The van der Waals surface area contributed by atoms with Gasteiger partial charge in [0.25, 0.3) is 0 Å². The Morgan fingerprint density at radius 1 is 1.31 bits per heavy atom. The fraction of sp³-hybridized carbons (Fsp3) is 0.364. The number of rotatable bonds is 2. The van der Waals surface area contributed by atoms with Crippen molar-refractivity contribution in [1.29, 1.82) is 0 Å². The maximum Gasteiger partial charge on any atom is 0.339 e. The number of halogens is 1. The van der Waals surface area contributed by atoms with Crippen LogP contribution in [0.15, 0.2) is 28.7 Å². The van der Waals surface area contributed by atoms with E-state index < -0.39 is 0 Å². The first-order valence-electron chi connectivity index (χ1n) is 4.91. The number of esters is 1. The lowest BCUT2D eigenvalue weighted by Crippen LogP contribution is -2.21. The van der Waals surface area contributed by atoms with Crippen LogP contribution in [0.1, 0.15) is 10.4 Å². The average Bonchev–Trinajstić information content (AvgIpc) is 2.31. The van der Waals surface area contributed by atoms with Gasteiger partial charge in [-0.25, -0.2) is 4.79 Å². The van der Waals surface area contributed by atoms with E-state index in [0.29, 0.717) is 5.56 Å². The van der Waals surface area contributed by atoms with Gasteiger partial charge in [-0.3, -0.25) is 0 Å².